The van der Waals surface area contributed by atoms with Crippen LogP contribution >= 0.6 is 0 Å². The van der Waals surface area contributed by atoms with E-state index < -0.39 is 11.7 Å². The fraction of sp³-hybridized carbons (Fsp3) is 0.105. The van der Waals surface area contributed by atoms with E-state index >= 15 is 0 Å². The first kappa shape index (κ1) is 13.6. The van der Waals surface area contributed by atoms with Crippen LogP contribution in [0, 0.1) is 6.92 Å². The molecule has 0 saturated heterocycles. The Bertz CT molecular complexity index is 1250. The van der Waals surface area contributed by atoms with Gasteiger partial charge in [-0.1, -0.05) is 23.8 Å². The van der Waals surface area contributed by atoms with Crippen LogP contribution in [0.1, 0.15) is 11.1 Å². The number of rotatable bonds is 0. The summed E-state index contributed by atoms with van der Waals surface area (Å²) in [5.74, 6) is 0. The minimum absolute atomic E-state index is 0.247. The van der Waals surface area contributed by atoms with E-state index in [-0.39, 0.29) is 5.58 Å². The molecule has 0 aliphatic carbocycles. The zero-order valence-electron chi connectivity index (χ0n) is 12.5. The van der Waals surface area contributed by atoms with Crippen LogP contribution in [0.25, 0.3) is 43.6 Å². The maximum absolute atomic E-state index is 13.3. The van der Waals surface area contributed by atoms with Crippen molar-refractivity contribution in [2.45, 2.75) is 13.1 Å². The lowest BCUT2D eigenvalue weighted by Crippen LogP contribution is -2.04. The van der Waals surface area contributed by atoms with Crippen LogP contribution in [0.4, 0.5) is 13.2 Å². The van der Waals surface area contributed by atoms with Crippen LogP contribution in [0.15, 0.2) is 47.0 Å². The second-order valence-electron chi connectivity index (χ2n) is 6.08. The summed E-state index contributed by atoms with van der Waals surface area (Å²) in [4.78, 5) is 4.45. The van der Waals surface area contributed by atoms with Gasteiger partial charge in [0.1, 0.15) is 11.2 Å². The van der Waals surface area contributed by atoms with Crippen molar-refractivity contribution in [2.75, 3.05) is 0 Å². The molecule has 0 saturated carbocycles. The lowest BCUT2D eigenvalue weighted by Gasteiger charge is -2.11. The van der Waals surface area contributed by atoms with Gasteiger partial charge in [-0.05, 0) is 35.9 Å². The highest BCUT2D eigenvalue weighted by Gasteiger charge is 2.32. The quantitative estimate of drug-likeness (QED) is 0.324. The molecule has 2 heterocycles. The molecule has 2 nitrogen and oxygen atoms in total. The summed E-state index contributed by atoms with van der Waals surface area (Å²) in [6, 6.07) is 9.73. The molecule has 5 aromatic rings. The summed E-state index contributed by atoms with van der Waals surface area (Å²) < 4.78 is 45.6. The van der Waals surface area contributed by atoms with Crippen LogP contribution in [0.3, 0.4) is 0 Å². The fourth-order valence-electron chi connectivity index (χ4n) is 3.51. The van der Waals surface area contributed by atoms with Gasteiger partial charge in [-0.25, -0.2) is 0 Å². The van der Waals surface area contributed by atoms with Crippen LogP contribution in [-0.2, 0) is 6.18 Å². The van der Waals surface area contributed by atoms with E-state index in [2.05, 4.69) is 4.98 Å². The number of fused-ring (bicyclic) bond motifs is 3. The number of nitrogens with zero attached hydrogens (tertiary/aromatic N) is 1. The van der Waals surface area contributed by atoms with Gasteiger partial charge in [0.25, 0.3) is 0 Å². The summed E-state index contributed by atoms with van der Waals surface area (Å²) in [5.41, 5.74) is 1.85. The zero-order chi connectivity index (χ0) is 16.6. The number of benzene rings is 3. The molecule has 0 amide bonds. The molecule has 5 heteroatoms. The van der Waals surface area contributed by atoms with Crippen molar-refractivity contribution < 1.29 is 17.6 Å². The maximum atomic E-state index is 13.3. The first-order chi connectivity index (χ1) is 11.4. The Morgan fingerprint density at radius 2 is 1.71 bits per heavy atom. The molecule has 0 fully saturated rings. The number of hydrogen-bond acceptors (Lipinski definition) is 2. The minimum Gasteiger partial charge on any atom is -0.456 e. The van der Waals surface area contributed by atoms with E-state index in [4.69, 9.17) is 4.42 Å². The number of furan rings is 1. The van der Waals surface area contributed by atoms with Gasteiger partial charge in [0.05, 0.1) is 16.5 Å². The highest BCUT2D eigenvalue weighted by atomic mass is 19.4. The average Bonchev–Trinajstić information content (AvgIpc) is 2.91. The molecular weight excluding hydrogens is 315 g/mol. The predicted octanol–water partition coefficient (Wildman–Crippen LogP) is 6.05. The SMILES string of the molecule is Cc1ccc2c(c1)c1cc(C(F)(F)F)cc3oc4ccnc2c4c31. The first-order valence-corrected chi connectivity index (χ1v) is 7.47. The van der Waals surface area contributed by atoms with Crippen LogP contribution < -0.4 is 0 Å². The van der Waals surface area contributed by atoms with E-state index in [1.165, 1.54) is 6.07 Å². The number of pyridine rings is 1. The zero-order valence-corrected chi connectivity index (χ0v) is 12.5. The molecule has 0 aliphatic rings. The third-order valence-electron chi connectivity index (χ3n) is 4.53. The smallest absolute Gasteiger partial charge is 0.416 e. The molecule has 3 aromatic carbocycles. The summed E-state index contributed by atoms with van der Waals surface area (Å²) in [7, 11) is 0. The van der Waals surface area contributed by atoms with Gasteiger partial charge in [-0.3, -0.25) is 4.98 Å². The Hall–Kier alpha value is -2.82. The summed E-state index contributed by atoms with van der Waals surface area (Å²) >= 11 is 0. The normalized spacial score (nSPS) is 13.0. The predicted molar refractivity (Wildman–Crippen MR) is 87.5 cm³/mol. The van der Waals surface area contributed by atoms with Gasteiger partial charge < -0.3 is 4.42 Å². The number of alkyl halides is 3. The maximum Gasteiger partial charge on any atom is 0.416 e. The highest BCUT2D eigenvalue weighted by molar-refractivity contribution is 6.32. The molecule has 2 aromatic heterocycles. The average molecular weight is 325 g/mol. The Kier molecular flexibility index (Phi) is 2.37. The number of aryl methyl sites for hydroxylation is 1. The van der Waals surface area contributed by atoms with Crippen molar-refractivity contribution in [3.63, 3.8) is 0 Å². The van der Waals surface area contributed by atoms with E-state index in [1.54, 1.807) is 12.3 Å². The Labute approximate surface area is 133 Å². The Morgan fingerprint density at radius 3 is 2.50 bits per heavy atom. The molecule has 0 radical (unpaired) electrons. The van der Waals surface area contributed by atoms with E-state index in [0.29, 0.717) is 16.4 Å². The van der Waals surface area contributed by atoms with Crippen LogP contribution in [0.2, 0.25) is 0 Å². The molecule has 0 aliphatic heterocycles. The molecule has 0 atom stereocenters. The van der Waals surface area contributed by atoms with Crippen molar-refractivity contribution in [2.24, 2.45) is 0 Å². The largest absolute Gasteiger partial charge is 0.456 e. The highest BCUT2D eigenvalue weighted by Crippen LogP contribution is 2.44. The number of halogens is 3. The number of aromatic nitrogens is 1. The van der Waals surface area contributed by atoms with Crippen molar-refractivity contribution in [3.8, 4) is 0 Å². The van der Waals surface area contributed by atoms with Crippen molar-refractivity contribution >= 4 is 43.6 Å². The molecule has 118 valence electrons. The van der Waals surface area contributed by atoms with Crippen molar-refractivity contribution in [3.05, 3.63) is 53.7 Å². The summed E-state index contributed by atoms with van der Waals surface area (Å²) in [5, 5.41) is 3.64. The van der Waals surface area contributed by atoms with Gasteiger partial charge in [0, 0.05) is 17.0 Å². The minimum atomic E-state index is -4.42. The third kappa shape index (κ3) is 1.64. The first-order valence-electron chi connectivity index (χ1n) is 7.47. The molecule has 5 rings (SSSR count). The van der Waals surface area contributed by atoms with Gasteiger partial charge in [0.2, 0.25) is 0 Å². The van der Waals surface area contributed by atoms with E-state index in [0.717, 1.165) is 33.3 Å². The monoisotopic (exact) mass is 325 g/mol. The van der Waals surface area contributed by atoms with Gasteiger partial charge >= 0.3 is 6.18 Å². The van der Waals surface area contributed by atoms with Crippen LogP contribution in [0.5, 0.6) is 0 Å². The second-order valence-corrected chi connectivity index (χ2v) is 6.08. The van der Waals surface area contributed by atoms with Crippen molar-refractivity contribution in [1.82, 2.24) is 4.98 Å². The van der Waals surface area contributed by atoms with Gasteiger partial charge in [-0.2, -0.15) is 13.2 Å². The molecular formula is C19H10F3NO. The second kappa shape index (κ2) is 4.17. The Balaban J connectivity index is 2.16. The Morgan fingerprint density at radius 1 is 0.875 bits per heavy atom. The molecule has 0 N–H and O–H groups in total. The topological polar surface area (TPSA) is 26.0 Å². The molecule has 0 bridgehead atoms. The van der Waals surface area contributed by atoms with Gasteiger partial charge in [-0.15, -0.1) is 0 Å². The summed E-state index contributed by atoms with van der Waals surface area (Å²) in [6.07, 6.45) is -2.80. The van der Waals surface area contributed by atoms with Gasteiger partial charge in [0.15, 0.2) is 0 Å². The molecule has 0 spiro atoms. The number of hydrogen-bond donors (Lipinski definition) is 0. The molecule has 0 unspecified atom stereocenters. The third-order valence-corrected chi connectivity index (χ3v) is 4.53. The van der Waals surface area contributed by atoms with Crippen molar-refractivity contribution in [1.29, 1.82) is 0 Å². The standard InChI is InChI=1S/C19H10F3NO/c1-9-2-3-11-12(6-9)13-7-10(19(20,21)22)8-15-16(13)17-14(24-15)4-5-23-18(11)17/h2-8H,1H3. The fourth-order valence-corrected chi connectivity index (χ4v) is 3.51. The lowest BCUT2D eigenvalue weighted by molar-refractivity contribution is -0.137. The lowest BCUT2D eigenvalue weighted by atomic mass is 9.94. The van der Waals surface area contributed by atoms with E-state index in [9.17, 15) is 13.2 Å². The molecule has 24 heavy (non-hydrogen) atoms. The van der Waals surface area contributed by atoms with E-state index in [1.807, 2.05) is 25.1 Å². The van der Waals surface area contributed by atoms with Crippen LogP contribution in [-0.4, -0.2) is 4.98 Å². The summed E-state index contributed by atoms with van der Waals surface area (Å²) in [6.45, 7) is 1.92.